The Bertz CT molecular complexity index is 797. The zero-order chi connectivity index (χ0) is 20.4. The van der Waals surface area contributed by atoms with Crippen LogP contribution < -0.4 is 0 Å². The summed E-state index contributed by atoms with van der Waals surface area (Å²) in [6, 6.07) is 5.24. The summed E-state index contributed by atoms with van der Waals surface area (Å²) >= 11 is 0. The molecule has 0 spiro atoms. The number of alkyl halides is 3. The van der Waals surface area contributed by atoms with Gasteiger partial charge in [-0.2, -0.15) is 13.2 Å². The van der Waals surface area contributed by atoms with Crippen LogP contribution >= 0.6 is 0 Å². The Hall–Kier alpha value is -1.61. The summed E-state index contributed by atoms with van der Waals surface area (Å²) in [5.74, 6) is -0.809. The number of carbonyl (C=O) groups is 1. The number of hydrogen-bond donors (Lipinski definition) is 0. The molecule has 1 aromatic carbocycles. The zero-order valence-electron chi connectivity index (χ0n) is 15.6. The van der Waals surface area contributed by atoms with Crippen molar-refractivity contribution in [1.29, 1.82) is 0 Å². The summed E-state index contributed by atoms with van der Waals surface area (Å²) in [6.45, 7) is 2.15. The van der Waals surface area contributed by atoms with Crippen molar-refractivity contribution >= 4 is 15.7 Å². The van der Waals surface area contributed by atoms with E-state index in [4.69, 9.17) is 0 Å². The van der Waals surface area contributed by atoms with E-state index >= 15 is 0 Å². The van der Waals surface area contributed by atoms with E-state index in [9.17, 15) is 26.4 Å². The van der Waals surface area contributed by atoms with E-state index < -0.39 is 32.6 Å². The van der Waals surface area contributed by atoms with Crippen LogP contribution in [0.2, 0.25) is 0 Å². The summed E-state index contributed by atoms with van der Waals surface area (Å²) in [7, 11) is -3.40. The number of amides is 1. The highest BCUT2D eigenvalue weighted by Gasteiger charge is 2.33. The number of piperazine rings is 1. The first-order chi connectivity index (χ1) is 13.1. The Morgan fingerprint density at radius 1 is 1.07 bits per heavy atom. The van der Waals surface area contributed by atoms with Crippen LogP contribution in [0.5, 0.6) is 0 Å². The summed E-state index contributed by atoms with van der Waals surface area (Å²) in [6.07, 6.45) is -1.30. The lowest BCUT2D eigenvalue weighted by Gasteiger charge is -2.35. The van der Waals surface area contributed by atoms with Gasteiger partial charge >= 0.3 is 6.18 Å². The molecule has 1 aliphatic heterocycles. The van der Waals surface area contributed by atoms with Crippen LogP contribution in [0.1, 0.15) is 36.8 Å². The number of benzene rings is 1. The molecule has 1 saturated carbocycles. The smallest absolute Gasteiger partial charge is 0.339 e. The van der Waals surface area contributed by atoms with Gasteiger partial charge in [-0.25, -0.2) is 8.42 Å². The molecular weight excluding hydrogens is 393 g/mol. The zero-order valence-corrected chi connectivity index (χ0v) is 16.4. The van der Waals surface area contributed by atoms with Crippen LogP contribution in [0, 0.1) is 0 Å². The van der Waals surface area contributed by atoms with Gasteiger partial charge in [-0.15, -0.1) is 0 Å². The molecule has 0 atom stereocenters. The fraction of sp³-hybridized carbons (Fsp3) is 0.632. The molecule has 1 saturated heterocycles. The van der Waals surface area contributed by atoms with E-state index in [-0.39, 0.29) is 5.91 Å². The fourth-order valence-corrected chi connectivity index (χ4v) is 5.70. The van der Waals surface area contributed by atoms with Gasteiger partial charge in [-0.1, -0.05) is 31.0 Å². The average molecular weight is 418 g/mol. The number of sulfone groups is 1. The van der Waals surface area contributed by atoms with Crippen LogP contribution in [-0.4, -0.2) is 61.3 Å². The maximum Gasteiger partial charge on any atom is 0.416 e. The summed E-state index contributed by atoms with van der Waals surface area (Å²) < 4.78 is 63.2. The minimum atomic E-state index is -4.37. The molecule has 1 aromatic rings. The predicted molar refractivity (Wildman–Crippen MR) is 99.3 cm³/mol. The molecule has 0 radical (unpaired) electrons. The van der Waals surface area contributed by atoms with Crippen molar-refractivity contribution < 1.29 is 26.4 Å². The topological polar surface area (TPSA) is 57.7 Å². The van der Waals surface area contributed by atoms with Crippen molar-refractivity contribution in [1.82, 2.24) is 9.80 Å². The van der Waals surface area contributed by atoms with Gasteiger partial charge in [0.1, 0.15) is 5.75 Å². The lowest BCUT2D eigenvalue weighted by atomic mass is 10.1. The molecule has 156 valence electrons. The van der Waals surface area contributed by atoms with Gasteiger partial charge in [0.05, 0.1) is 10.8 Å². The van der Waals surface area contributed by atoms with E-state index in [1.165, 1.54) is 6.07 Å². The number of nitrogens with zero attached hydrogens (tertiary/aromatic N) is 2. The van der Waals surface area contributed by atoms with E-state index in [1.54, 1.807) is 11.0 Å². The van der Waals surface area contributed by atoms with Crippen molar-refractivity contribution in [3.05, 3.63) is 35.4 Å². The molecule has 2 fully saturated rings. The van der Waals surface area contributed by atoms with Crippen molar-refractivity contribution in [2.45, 2.75) is 43.7 Å². The first kappa shape index (κ1) is 21.1. The Kier molecular flexibility index (Phi) is 6.34. The minimum Gasteiger partial charge on any atom is -0.339 e. The third kappa shape index (κ3) is 5.26. The molecule has 0 bridgehead atoms. The molecule has 3 rings (SSSR count). The minimum absolute atomic E-state index is 0.367. The molecule has 1 heterocycles. The highest BCUT2D eigenvalue weighted by molar-refractivity contribution is 7.92. The molecular formula is C19H25F3N2O3S. The molecule has 1 amide bonds. The van der Waals surface area contributed by atoms with Gasteiger partial charge in [0, 0.05) is 32.7 Å². The van der Waals surface area contributed by atoms with Gasteiger partial charge in [-0.05, 0) is 24.5 Å². The number of rotatable bonds is 5. The van der Waals surface area contributed by atoms with E-state index in [0.717, 1.165) is 25.0 Å². The van der Waals surface area contributed by atoms with Gasteiger partial charge < -0.3 is 4.90 Å². The van der Waals surface area contributed by atoms with E-state index in [2.05, 4.69) is 0 Å². The lowest BCUT2D eigenvalue weighted by Crippen LogP contribution is -2.50. The van der Waals surface area contributed by atoms with Crippen molar-refractivity contribution in [2.24, 2.45) is 0 Å². The van der Waals surface area contributed by atoms with Crippen molar-refractivity contribution in [2.75, 3.05) is 31.9 Å². The highest BCUT2D eigenvalue weighted by Crippen LogP contribution is 2.30. The third-order valence-electron chi connectivity index (χ3n) is 5.52. The second-order valence-electron chi connectivity index (χ2n) is 7.57. The van der Waals surface area contributed by atoms with Gasteiger partial charge in [0.25, 0.3) is 0 Å². The molecule has 28 heavy (non-hydrogen) atoms. The van der Waals surface area contributed by atoms with Crippen LogP contribution in [-0.2, 0) is 27.4 Å². The van der Waals surface area contributed by atoms with Crippen LogP contribution in [0.4, 0.5) is 13.2 Å². The summed E-state index contributed by atoms with van der Waals surface area (Å²) in [4.78, 5) is 15.9. The molecule has 5 nitrogen and oxygen atoms in total. The third-order valence-corrected chi connectivity index (χ3v) is 7.66. The summed E-state index contributed by atoms with van der Waals surface area (Å²) in [5.41, 5.74) is -0.102. The van der Waals surface area contributed by atoms with Gasteiger partial charge in [0.15, 0.2) is 9.84 Å². The highest BCUT2D eigenvalue weighted by atomic mass is 32.2. The maximum absolute atomic E-state index is 12.8. The molecule has 2 aliphatic rings. The van der Waals surface area contributed by atoms with Gasteiger partial charge in [-0.3, -0.25) is 9.69 Å². The van der Waals surface area contributed by atoms with Crippen LogP contribution in [0.3, 0.4) is 0 Å². The van der Waals surface area contributed by atoms with Crippen molar-refractivity contribution in [3.63, 3.8) is 0 Å². The lowest BCUT2D eigenvalue weighted by molar-refractivity contribution is -0.137. The normalized spacial score (nSPS) is 19.9. The quantitative estimate of drug-likeness (QED) is 0.738. The first-order valence-corrected chi connectivity index (χ1v) is 11.2. The second-order valence-corrected chi connectivity index (χ2v) is 9.85. The van der Waals surface area contributed by atoms with Gasteiger partial charge in [0.2, 0.25) is 5.91 Å². The van der Waals surface area contributed by atoms with Crippen LogP contribution in [0.25, 0.3) is 0 Å². The number of halogens is 3. The van der Waals surface area contributed by atoms with Crippen LogP contribution in [0.15, 0.2) is 24.3 Å². The Morgan fingerprint density at radius 2 is 1.71 bits per heavy atom. The molecule has 1 aliphatic carbocycles. The molecule has 0 N–H and O–H groups in total. The molecule has 0 unspecified atom stereocenters. The van der Waals surface area contributed by atoms with E-state index in [1.807, 2.05) is 4.90 Å². The number of hydrogen-bond acceptors (Lipinski definition) is 4. The predicted octanol–water partition coefficient (Wildman–Crippen LogP) is 2.71. The molecule has 9 heteroatoms. The monoisotopic (exact) mass is 418 g/mol. The first-order valence-electron chi connectivity index (χ1n) is 9.53. The SMILES string of the molecule is O=C(CS(=O)(=O)C1CCCC1)N1CCN(Cc2cccc(C(F)(F)F)c2)CC1. The Labute approximate surface area is 163 Å². The largest absolute Gasteiger partial charge is 0.416 e. The second kappa shape index (κ2) is 8.41. The molecule has 0 aromatic heterocycles. The summed E-state index contributed by atoms with van der Waals surface area (Å²) in [5, 5.41) is -0.390. The van der Waals surface area contributed by atoms with Crippen molar-refractivity contribution in [3.8, 4) is 0 Å². The number of carbonyl (C=O) groups excluding carboxylic acids is 1. The Morgan fingerprint density at radius 3 is 2.32 bits per heavy atom. The fourth-order valence-electron chi connectivity index (χ4n) is 3.89. The standard InChI is InChI=1S/C19H25F3N2O3S/c20-19(21,22)16-5-3-4-15(12-16)13-23-8-10-24(11-9-23)18(25)14-28(26,27)17-6-1-2-7-17/h3-5,12,17H,1-2,6-11,13-14H2. The average Bonchev–Trinajstić information content (AvgIpc) is 3.17. The maximum atomic E-state index is 12.8. The Balaban J connectivity index is 1.51. The van der Waals surface area contributed by atoms with E-state index in [0.29, 0.717) is 51.1 Å².